The lowest BCUT2D eigenvalue weighted by molar-refractivity contribution is -0.386. The highest BCUT2D eigenvalue weighted by Crippen LogP contribution is 2.38. The van der Waals surface area contributed by atoms with Crippen LogP contribution in [0.25, 0.3) is 0 Å². The van der Waals surface area contributed by atoms with Crippen LogP contribution in [0.15, 0.2) is 12.1 Å². The molecule has 1 saturated heterocycles. The first-order valence-corrected chi connectivity index (χ1v) is 6.01. The molecule has 1 aliphatic rings. The summed E-state index contributed by atoms with van der Waals surface area (Å²) in [7, 11) is 0. The molecule has 7 heteroatoms. The summed E-state index contributed by atoms with van der Waals surface area (Å²) in [6.45, 7) is 1.10. The van der Waals surface area contributed by atoms with Gasteiger partial charge in [0.1, 0.15) is 5.82 Å². The average molecular weight is 270 g/mol. The number of phenols is 1. The Balaban J connectivity index is 2.35. The van der Waals surface area contributed by atoms with E-state index in [1.54, 1.807) is 0 Å². The van der Waals surface area contributed by atoms with E-state index in [1.165, 1.54) is 0 Å². The van der Waals surface area contributed by atoms with Gasteiger partial charge in [0, 0.05) is 24.8 Å². The first kappa shape index (κ1) is 13.7. The third-order valence-corrected chi connectivity index (χ3v) is 3.41. The van der Waals surface area contributed by atoms with Gasteiger partial charge in [0.2, 0.25) is 0 Å². The Hall–Kier alpha value is -1.73. The Morgan fingerprint density at radius 3 is 2.68 bits per heavy atom. The van der Waals surface area contributed by atoms with Crippen molar-refractivity contribution < 1.29 is 19.2 Å². The highest BCUT2D eigenvalue weighted by atomic mass is 19.1. The zero-order valence-electron chi connectivity index (χ0n) is 10.2. The van der Waals surface area contributed by atoms with E-state index >= 15 is 0 Å². The second-order valence-corrected chi connectivity index (χ2v) is 4.60. The number of halogens is 1. The zero-order valence-corrected chi connectivity index (χ0v) is 10.2. The molecule has 2 rings (SSSR count). The van der Waals surface area contributed by atoms with Crippen molar-refractivity contribution in [3.8, 4) is 5.75 Å². The van der Waals surface area contributed by atoms with Gasteiger partial charge in [-0.05, 0) is 24.8 Å². The minimum atomic E-state index is -0.821. The van der Waals surface area contributed by atoms with Crippen molar-refractivity contribution in [2.24, 2.45) is 11.7 Å². The van der Waals surface area contributed by atoms with Gasteiger partial charge in [0.05, 0.1) is 11.0 Å². The summed E-state index contributed by atoms with van der Waals surface area (Å²) in [6, 6.07) is 1.11. The van der Waals surface area contributed by atoms with Gasteiger partial charge in [0.15, 0.2) is 5.75 Å². The quantitative estimate of drug-likeness (QED) is 0.645. The second-order valence-electron chi connectivity index (χ2n) is 4.60. The summed E-state index contributed by atoms with van der Waals surface area (Å²) in [6.07, 6.45) is 1.37. The van der Waals surface area contributed by atoms with E-state index < -0.39 is 28.2 Å². The Kier molecular flexibility index (Phi) is 3.96. The lowest BCUT2D eigenvalue weighted by Crippen LogP contribution is -2.27. The lowest BCUT2D eigenvalue weighted by atomic mass is 9.87. The number of benzene rings is 1. The van der Waals surface area contributed by atoms with Crippen molar-refractivity contribution in [1.29, 1.82) is 0 Å². The molecule has 1 aromatic carbocycles. The molecule has 0 amide bonds. The predicted octanol–water partition coefficient (Wildman–Crippen LogP) is 1.87. The maximum absolute atomic E-state index is 13.4. The molecular formula is C12H15FN2O4. The summed E-state index contributed by atoms with van der Waals surface area (Å²) in [5, 5.41) is 20.6. The minimum absolute atomic E-state index is 0.0149. The molecule has 0 aromatic heterocycles. The van der Waals surface area contributed by atoms with Gasteiger partial charge in [-0.15, -0.1) is 0 Å². The number of nitrogens with zero attached hydrogens (tertiary/aromatic N) is 1. The van der Waals surface area contributed by atoms with Crippen molar-refractivity contribution in [3.05, 3.63) is 33.6 Å². The fourth-order valence-corrected chi connectivity index (χ4v) is 2.33. The monoisotopic (exact) mass is 270 g/mol. The van der Waals surface area contributed by atoms with E-state index in [2.05, 4.69) is 0 Å². The molecule has 0 bridgehead atoms. The van der Waals surface area contributed by atoms with Crippen molar-refractivity contribution in [2.45, 2.75) is 18.9 Å². The predicted molar refractivity (Wildman–Crippen MR) is 65.2 cm³/mol. The Labute approximate surface area is 109 Å². The van der Waals surface area contributed by atoms with Crippen molar-refractivity contribution in [1.82, 2.24) is 0 Å². The maximum Gasteiger partial charge on any atom is 0.313 e. The van der Waals surface area contributed by atoms with Crippen molar-refractivity contribution >= 4 is 5.69 Å². The number of rotatable bonds is 3. The first-order valence-electron chi connectivity index (χ1n) is 6.01. The average Bonchev–Trinajstić information content (AvgIpc) is 2.41. The van der Waals surface area contributed by atoms with Crippen LogP contribution in [0.5, 0.6) is 5.75 Å². The lowest BCUT2D eigenvalue weighted by Gasteiger charge is -2.28. The molecule has 0 aliphatic carbocycles. The highest BCUT2D eigenvalue weighted by molar-refractivity contribution is 5.52. The largest absolute Gasteiger partial charge is 0.502 e. The number of hydrogen-bond donors (Lipinski definition) is 2. The number of hydrogen-bond acceptors (Lipinski definition) is 5. The van der Waals surface area contributed by atoms with Crippen LogP contribution in [0, 0.1) is 21.8 Å². The van der Waals surface area contributed by atoms with Crippen molar-refractivity contribution in [3.63, 3.8) is 0 Å². The fraction of sp³-hybridized carbons (Fsp3) is 0.500. The summed E-state index contributed by atoms with van der Waals surface area (Å²) in [5.41, 5.74) is 5.43. The van der Waals surface area contributed by atoms with Crippen LogP contribution in [0.4, 0.5) is 10.1 Å². The molecule has 104 valence electrons. The van der Waals surface area contributed by atoms with Gasteiger partial charge < -0.3 is 15.6 Å². The SMILES string of the molecule is N[C@@H](c1cc(F)cc([N+](=O)[O-])c1O)C1CCOCC1. The standard InChI is InChI=1S/C12H15FN2O4/c13-8-5-9(12(16)10(6-8)15(17)18)11(14)7-1-3-19-4-2-7/h5-7,11,16H,1-4,14H2/t11-/m1/s1. The minimum Gasteiger partial charge on any atom is -0.502 e. The third kappa shape index (κ3) is 2.82. The first-order chi connectivity index (χ1) is 9.00. The molecule has 3 N–H and O–H groups in total. The summed E-state index contributed by atoms with van der Waals surface area (Å²) in [5.74, 6) is -1.31. The second kappa shape index (κ2) is 5.50. The van der Waals surface area contributed by atoms with Crippen LogP contribution >= 0.6 is 0 Å². The number of nitrogens with two attached hydrogens (primary N) is 1. The highest BCUT2D eigenvalue weighted by Gasteiger charge is 2.28. The molecule has 1 heterocycles. The van der Waals surface area contributed by atoms with Crippen LogP contribution in [0.1, 0.15) is 24.4 Å². The number of ether oxygens (including phenoxy) is 1. The molecule has 1 fully saturated rings. The van der Waals surface area contributed by atoms with Crippen LogP contribution in [0.3, 0.4) is 0 Å². The number of aromatic hydroxyl groups is 1. The molecule has 1 aliphatic heterocycles. The van der Waals surface area contributed by atoms with Crippen LogP contribution in [-0.2, 0) is 4.74 Å². The molecule has 1 aromatic rings. The third-order valence-electron chi connectivity index (χ3n) is 3.41. The van der Waals surface area contributed by atoms with E-state index in [0.29, 0.717) is 32.1 Å². The van der Waals surface area contributed by atoms with Gasteiger partial charge in [0.25, 0.3) is 0 Å². The van der Waals surface area contributed by atoms with E-state index in [4.69, 9.17) is 10.5 Å². The molecule has 0 saturated carbocycles. The van der Waals surface area contributed by atoms with Gasteiger partial charge in [-0.2, -0.15) is 0 Å². The molecule has 0 spiro atoms. The molecule has 19 heavy (non-hydrogen) atoms. The van der Waals surface area contributed by atoms with E-state index in [0.717, 1.165) is 6.07 Å². The van der Waals surface area contributed by atoms with E-state index in [9.17, 15) is 19.6 Å². The number of nitro benzene ring substituents is 1. The van der Waals surface area contributed by atoms with Crippen LogP contribution in [0.2, 0.25) is 0 Å². The summed E-state index contributed by atoms with van der Waals surface area (Å²) in [4.78, 5) is 9.92. The van der Waals surface area contributed by atoms with Gasteiger partial charge in [-0.25, -0.2) is 4.39 Å². The summed E-state index contributed by atoms with van der Waals surface area (Å²) < 4.78 is 18.6. The summed E-state index contributed by atoms with van der Waals surface area (Å²) >= 11 is 0. The van der Waals surface area contributed by atoms with Gasteiger partial charge >= 0.3 is 5.69 Å². The number of nitro groups is 1. The maximum atomic E-state index is 13.4. The Morgan fingerprint density at radius 2 is 2.11 bits per heavy atom. The van der Waals surface area contributed by atoms with E-state index in [-0.39, 0.29) is 11.5 Å². The zero-order chi connectivity index (χ0) is 14.0. The van der Waals surface area contributed by atoms with Gasteiger partial charge in [-0.3, -0.25) is 10.1 Å². The Bertz CT molecular complexity index is 489. The molecule has 0 unspecified atom stereocenters. The Morgan fingerprint density at radius 1 is 1.47 bits per heavy atom. The van der Waals surface area contributed by atoms with Gasteiger partial charge in [-0.1, -0.05) is 0 Å². The number of phenolic OH excluding ortho intramolecular Hbond substituents is 1. The van der Waals surface area contributed by atoms with Crippen molar-refractivity contribution in [2.75, 3.05) is 13.2 Å². The molecule has 0 radical (unpaired) electrons. The molecule has 1 atom stereocenters. The molecule has 6 nitrogen and oxygen atoms in total. The van der Waals surface area contributed by atoms with E-state index in [1.807, 2.05) is 0 Å². The topological polar surface area (TPSA) is 98.6 Å². The fourth-order valence-electron chi connectivity index (χ4n) is 2.33. The van der Waals surface area contributed by atoms with Crippen LogP contribution in [-0.4, -0.2) is 23.2 Å². The smallest absolute Gasteiger partial charge is 0.313 e. The molecular weight excluding hydrogens is 255 g/mol. The van der Waals surface area contributed by atoms with Crippen LogP contribution < -0.4 is 5.73 Å². The normalized spacial score (nSPS) is 18.2.